The van der Waals surface area contributed by atoms with Crippen LogP contribution in [0, 0.1) is 6.92 Å². The Morgan fingerprint density at radius 3 is 2.37 bits per heavy atom. The molecule has 3 aromatic rings. The lowest BCUT2D eigenvalue weighted by Gasteiger charge is -2.29. The van der Waals surface area contributed by atoms with E-state index in [1.165, 1.54) is 11.0 Å². The number of aromatic hydroxyl groups is 1. The number of aryl methyl sites for hydroxylation is 1. The largest absolute Gasteiger partial charge is 0.504 e. The van der Waals surface area contributed by atoms with Gasteiger partial charge in [0.1, 0.15) is 0 Å². The van der Waals surface area contributed by atoms with Gasteiger partial charge in [-0.2, -0.15) is 0 Å². The van der Waals surface area contributed by atoms with Crippen molar-refractivity contribution in [2.75, 3.05) is 11.5 Å². The predicted molar refractivity (Wildman–Crippen MR) is 117 cm³/mol. The predicted octanol–water partition coefficient (Wildman–Crippen LogP) is 4.83. The lowest BCUT2D eigenvalue weighted by atomic mass is 9.91. The number of amides is 2. The molecule has 0 saturated carbocycles. The number of fused-ring (bicyclic) bond motifs is 1. The van der Waals surface area contributed by atoms with Crippen LogP contribution in [0.1, 0.15) is 34.0 Å². The number of phenols is 1. The van der Waals surface area contributed by atoms with E-state index >= 15 is 0 Å². The summed E-state index contributed by atoms with van der Waals surface area (Å²) in [4.78, 5) is 27.9. The van der Waals surface area contributed by atoms with Crippen LogP contribution in [0.3, 0.4) is 0 Å². The van der Waals surface area contributed by atoms with Gasteiger partial charge in [0.05, 0.1) is 12.3 Å². The van der Waals surface area contributed by atoms with Crippen molar-refractivity contribution in [3.05, 3.63) is 89.0 Å². The van der Waals surface area contributed by atoms with Crippen molar-refractivity contribution in [2.24, 2.45) is 0 Å². The number of carbonyl (C=O) groups excluding carboxylic acids is 2. The standard InChI is InChI=1S/C25H21NO4/c1-3-30-23-15-17(12-13-22(23)27)14-20-18-9-5-6-10-19(18)24(28)26(25(20)29)21-11-7-4-8-16(21)2/h4-15,27H,3H2,1-2H3/b20-14+. The first-order valence-corrected chi connectivity index (χ1v) is 9.72. The van der Waals surface area contributed by atoms with E-state index in [1.807, 2.05) is 26.0 Å². The zero-order chi connectivity index (χ0) is 21.3. The first-order valence-electron chi connectivity index (χ1n) is 9.72. The maximum atomic E-state index is 13.5. The van der Waals surface area contributed by atoms with Gasteiger partial charge in [0.2, 0.25) is 0 Å². The topological polar surface area (TPSA) is 66.8 Å². The number of carbonyl (C=O) groups is 2. The summed E-state index contributed by atoms with van der Waals surface area (Å²) in [5.74, 6) is -0.358. The van der Waals surface area contributed by atoms with Gasteiger partial charge in [-0.3, -0.25) is 9.59 Å². The molecule has 4 rings (SSSR count). The van der Waals surface area contributed by atoms with Crippen molar-refractivity contribution >= 4 is 29.2 Å². The number of phenolic OH excluding ortho intramolecular Hbond substituents is 1. The highest BCUT2D eigenvalue weighted by Crippen LogP contribution is 2.35. The molecule has 5 nitrogen and oxygen atoms in total. The third kappa shape index (κ3) is 3.35. The lowest BCUT2D eigenvalue weighted by Crippen LogP contribution is -2.42. The van der Waals surface area contributed by atoms with Crippen LogP contribution in [0.5, 0.6) is 11.5 Å². The third-order valence-corrected chi connectivity index (χ3v) is 5.04. The number of ether oxygens (including phenoxy) is 1. The molecule has 150 valence electrons. The summed E-state index contributed by atoms with van der Waals surface area (Å²) >= 11 is 0. The van der Waals surface area contributed by atoms with E-state index < -0.39 is 0 Å². The van der Waals surface area contributed by atoms with Crippen molar-refractivity contribution in [1.29, 1.82) is 0 Å². The highest BCUT2D eigenvalue weighted by molar-refractivity contribution is 6.43. The van der Waals surface area contributed by atoms with Gasteiger partial charge in [0.25, 0.3) is 11.8 Å². The molecule has 0 aliphatic carbocycles. The fourth-order valence-corrected chi connectivity index (χ4v) is 3.58. The zero-order valence-electron chi connectivity index (χ0n) is 16.8. The number of rotatable bonds is 4. The molecule has 1 N–H and O–H groups in total. The van der Waals surface area contributed by atoms with Gasteiger partial charge < -0.3 is 9.84 Å². The van der Waals surface area contributed by atoms with Gasteiger partial charge in [-0.15, -0.1) is 0 Å². The minimum atomic E-state index is -0.390. The Morgan fingerprint density at radius 1 is 0.933 bits per heavy atom. The molecule has 5 heteroatoms. The summed E-state index contributed by atoms with van der Waals surface area (Å²) in [6.45, 7) is 4.11. The van der Waals surface area contributed by atoms with E-state index in [0.29, 0.717) is 40.3 Å². The Labute approximate surface area is 174 Å². The van der Waals surface area contributed by atoms with Crippen LogP contribution in [-0.4, -0.2) is 23.5 Å². The number of para-hydroxylation sites is 1. The third-order valence-electron chi connectivity index (χ3n) is 5.04. The van der Waals surface area contributed by atoms with Gasteiger partial charge in [0, 0.05) is 11.1 Å². The number of anilines is 1. The number of nitrogens with zero attached hydrogens (tertiary/aromatic N) is 1. The molecule has 1 aliphatic heterocycles. The average Bonchev–Trinajstić information content (AvgIpc) is 2.75. The highest BCUT2D eigenvalue weighted by atomic mass is 16.5. The monoisotopic (exact) mass is 399 g/mol. The summed E-state index contributed by atoms with van der Waals surface area (Å²) in [6.07, 6.45) is 1.72. The van der Waals surface area contributed by atoms with Gasteiger partial charge in [0.15, 0.2) is 11.5 Å². The molecular formula is C25H21NO4. The van der Waals surface area contributed by atoms with Crippen molar-refractivity contribution in [1.82, 2.24) is 0 Å². The molecule has 3 aromatic carbocycles. The number of benzene rings is 3. The van der Waals surface area contributed by atoms with Gasteiger partial charge in [-0.25, -0.2) is 4.90 Å². The Balaban J connectivity index is 1.89. The molecular weight excluding hydrogens is 378 g/mol. The van der Waals surface area contributed by atoms with E-state index in [9.17, 15) is 14.7 Å². The summed E-state index contributed by atoms with van der Waals surface area (Å²) in [7, 11) is 0. The number of imide groups is 1. The summed E-state index contributed by atoms with van der Waals surface area (Å²) in [5.41, 5.74) is 3.55. The normalized spacial score (nSPS) is 14.7. The Morgan fingerprint density at radius 2 is 1.63 bits per heavy atom. The molecule has 1 aliphatic rings. The molecule has 0 radical (unpaired) electrons. The maximum absolute atomic E-state index is 13.5. The quantitative estimate of drug-likeness (QED) is 0.504. The molecule has 2 amide bonds. The van der Waals surface area contributed by atoms with Crippen LogP contribution in [0.2, 0.25) is 0 Å². The SMILES string of the molecule is CCOc1cc(/C=C2/C(=O)N(c3ccccc3C)C(=O)c3ccccc32)ccc1O. The smallest absolute Gasteiger partial charge is 0.265 e. The molecule has 30 heavy (non-hydrogen) atoms. The number of hydrogen-bond acceptors (Lipinski definition) is 4. The van der Waals surface area contributed by atoms with Crippen molar-refractivity contribution in [2.45, 2.75) is 13.8 Å². The van der Waals surface area contributed by atoms with Crippen LogP contribution in [-0.2, 0) is 4.79 Å². The van der Waals surface area contributed by atoms with Crippen molar-refractivity contribution in [3.63, 3.8) is 0 Å². The fraction of sp³-hybridized carbons (Fsp3) is 0.120. The van der Waals surface area contributed by atoms with Crippen molar-refractivity contribution in [3.8, 4) is 11.5 Å². The second kappa shape index (κ2) is 7.87. The molecule has 0 saturated heterocycles. The molecule has 0 atom stereocenters. The maximum Gasteiger partial charge on any atom is 0.265 e. The van der Waals surface area contributed by atoms with E-state index in [2.05, 4.69) is 0 Å². The van der Waals surface area contributed by atoms with Crippen LogP contribution in [0.15, 0.2) is 66.7 Å². The molecule has 0 unspecified atom stereocenters. The van der Waals surface area contributed by atoms with E-state index in [0.717, 1.165) is 5.56 Å². The highest BCUT2D eigenvalue weighted by Gasteiger charge is 2.36. The van der Waals surface area contributed by atoms with E-state index in [-0.39, 0.29) is 17.6 Å². The van der Waals surface area contributed by atoms with Crippen LogP contribution in [0.25, 0.3) is 11.6 Å². The summed E-state index contributed by atoms with van der Waals surface area (Å²) in [6, 6.07) is 19.3. The average molecular weight is 399 g/mol. The van der Waals surface area contributed by atoms with Gasteiger partial charge in [-0.05, 0) is 60.9 Å². The summed E-state index contributed by atoms with van der Waals surface area (Å²) < 4.78 is 5.46. The Bertz CT molecular complexity index is 1180. The molecule has 0 aromatic heterocycles. The fourth-order valence-electron chi connectivity index (χ4n) is 3.58. The lowest BCUT2D eigenvalue weighted by molar-refractivity contribution is -0.112. The number of hydrogen-bond donors (Lipinski definition) is 1. The minimum Gasteiger partial charge on any atom is -0.504 e. The zero-order valence-corrected chi connectivity index (χ0v) is 16.8. The van der Waals surface area contributed by atoms with Crippen molar-refractivity contribution < 1.29 is 19.4 Å². The molecule has 0 bridgehead atoms. The van der Waals surface area contributed by atoms with Crippen LogP contribution in [0.4, 0.5) is 5.69 Å². The molecule has 0 fully saturated rings. The van der Waals surface area contributed by atoms with Gasteiger partial charge >= 0.3 is 0 Å². The van der Waals surface area contributed by atoms with Crippen LogP contribution >= 0.6 is 0 Å². The van der Waals surface area contributed by atoms with Gasteiger partial charge in [-0.1, -0.05) is 42.5 Å². The molecule has 1 heterocycles. The first kappa shape index (κ1) is 19.5. The second-order valence-electron chi connectivity index (χ2n) is 7.00. The molecule has 0 spiro atoms. The minimum absolute atomic E-state index is 0.0334. The second-order valence-corrected chi connectivity index (χ2v) is 7.00. The van der Waals surface area contributed by atoms with Crippen LogP contribution < -0.4 is 9.64 Å². The van der Waals surface area contributed by atoms with E-state index in [1.54, 1.807) is 54.6 Å². The Hall–Kier alpha value is -3.86. The van der Waals surface area contributed by atoms with E-state index in [4.69, 9.17) is 4.74 Å². The summed E-state index contributed by atoms with van der Waals surface area (Å²) in [5, 5.41) is 9.97. The Kier molecular flexibility index (Phi) is 5.11. The first-order chi connectivity index (χ1) is 14.5.